The van der Waals surface area contributed by atoms with Gasteiger partial charge in [0, 0.05) is 30.8 Å². The lowest BCUT2D eigenvalue weighted by Crippen LogP contribution is -2.22. The van der Waals surface area contributed by atoms with Crippen LogP contribution in [0.5, 0.6) is 0 Å². The fourth-order valence-corrected chi connectivity index (χ4v) is 2.56. The van der Waals surface area contributed by atoms with Gasteiger partial charge in [-0.05, 0) is 26.2 Å². The maximum Gasteiger partial charge on any atom is 0.274 e. The summed E-state index contributed by atoms with van der Waals surface area (Å²) in [6, 6.07) is 13.7. The van der Waals surface area contributed by atoms with Gasteiger partial charge in [-0.15, -0.1) is 0 Å². The minimum absolute atomic E-state index is 0.0648. The molecule has 6 nitrogen and oxygen atoms in total. The van der Waals surface area contributed by atoms with Crippen LogP contribution in [0, 0.1) is 11.6 Å². The number of hydrogen-bond donors (Lipinski definition) is 2. The standard InChI is InChI=1S/C21H21F2N5O/c1-28(2)11-10-24-19-13-18(25-20(27-19)14-6-4-3-5-7-14)21(29)26-17-9-8-15(22)12-16(17)23/h3-9,12-13H,10-11H2,1-2H3,(H,26,29)(H,24,25,27). The van der Waals surface area contributed by atoms with E-state index in [1.165, 1.54) is 6.07 Å². The van der Waals surface area contributed by atoms with E-state index in [9.17, 15) is 13.6 Å². The second-order valence-corrected chi connectivity index (χ2v) is 6.64. The van der Waals surface area contributed by atoms with Gasteiger partial charge in [0.1, 0.15) is 23.1 Å². The molecule has 150 valence electrons. The molecule has 0 saturated heterocycles. The molecule has 1 aromatic heterocycles. The molecule has 8 heteroatoms. The number of nitrogens with one attached hydrogen (secondary N) is 2. The molecular formula is C21H21F2N5O. The number of anilines is 2. The number of hydrogen-bond acceptors (Lipinski definition) is 5. The molecule has 1 amide bonds. The van der Waals surface area contributed by atoms with Gasteiger partial charge in [-0.1, -0.05) is 30.3 Å². The third-order valence-corrected chi connectivity index (χ3v) is 4.04. The zero-order chi connectivity index (χ0) is 20.8. The Morgan fingerprint density at radius 3 is 2.48 bits per heavy atom. The predicted octanol–water partition coefficient (Wildman–Crippen LogP) is 3.65. The molecule has 2 aromatic carbocycles. The molecule has 1 heterocycles. The first-order valence-corrected chi connectivity index (χ1v) is 9.02. The first-order chi connectivity index (χ1) is 13.9. The van der Waals surface area contributed by atoms with Gasteiger partial charge in [-0.3, -0.25) is 4.79 Å². The van der Waals surface area contributed by atoms with E-state index in [2.05, 4.69) is 20.6 Å². The van der Waals surface area contributed by atoms with Crippen LogP contribution in [0.25, 0.3) is 11.4 Å². The Balaban J connectivity index is 1.90. The van der Waals surface area contributed by atoms with Crippen molar-refractivity contribution in [2.75, 3.05) is 37.8 Å². The van der Waals surface area contributed by atoms with Crippen LogP contribution >= 0.6 is 0 Å². The summed E-state index contributed by atoms with van der Waals surface area (Å²) in [7, 11) is 3.90. The third-order valence-electron chi connectivity index (χ3n) is 4.04. The molecule has 0 aliphatic rings. The summed E-state index contributed by atoms with van der Waals surface area (Å²) >= 11 is 0. The van der Waals surface area contributed by atoms with Crippen molar-refractivity contribution < 1.29 is 13.6 Å². The second kappa shape index (κ2) is 9.20. The normalized spacial score (nSPS) is 10.8. The molecule has 2 N–H and O–H groups in total. The van der Waals surface area contributed by atoms with Gasteiger partial charge >= 0.3 is 0 Å². The third kappa shape index (κ3) is 5.55. The van der Waals surface area contributed by atoms with E-state index >= 15 is 0 Å². The van der Waals surface area contributed by atoms with Crippen molar-refractivity contribution in [2.24, 2.45) is 0 Å². The zero-order valence-electron chi connectivity index (χ0n) is 16.1. The largest absolute Gasteiger partial charge is 0.369 e. The van der Waals surface area contributed by atoms with Crippen LogP contribution in [0.2, 0.25) is 0 Å². The highest BCUT2D eigenvalue weighted by Crippen LogP contribution is 2.20. The van der Waals surface area contributed by atoms with E-state index in [4.69, 9.17) is 0 Å². The Kier molecular flexibility index (Phi) is 6.46. The number of benzene rings is 2. The van der Waals surface area contributed by atoms with E-state index in [1.807, 2.05) is 49.3 Å². The van der Waals surface area contributed by atoms with E-state index in [0.717, 1.165) is 24.2 Å². The fourth-order valence-electron chi connectivity index (χ4n) is 2.56. The number of aromatic nitrogens is 2. The number of nitrogens with zero attached hydrogens (tertiary/aromatic N) is 3. The van der Waals surface area contributed by atoms with Crippen LogP contribution in [0.1, 0.15) is 10.5 Å². The lowest BCUT2D eigenvalue weighted by atomic mass is 10.2. The Bertz CT molecular complexity index is 996. The van der Waals surface area contributed by atoms with Gasteiger partial charge in [0.25, 0.3) is 5.91 Å². The molecule has 0 bridgehead atoms. The SMILES string of the molecule is CN(C)CCNc1cc(C(=O)Nc2ccc(F)cc2F)nc(-c2ccccc2)n1. The Labute approximate surface area is 167 Å². The zero-order valence-corrected chi connectivity index (χ0v) is 16.1. The molecule has 0 aliphatic heterocycles. The number of carbonyl (C=O) groups is 1. The molecule has 29 heavy (non-hydrogen) atoms. The Hall–Kier alpha value is -3.39. The molecule has 0 spiro atoms. The molecular weight excluding hydrogens is 376 g/mol. The lowest BCUT2D eigenvalue weighted by molar-refractivity contribution is 0.102. The van der Waals surface area contributed by atoms with Crippen LogP contribution in [0.15, 0.2) is 54.6 Å². The van der Waals surface area contributed by atoms with Gasteiger partial charge in [-0.2, -0.15) is 0 Å². The highest BCUT2D eigenvalue weighted by molar-refractivity contribution is 6.03. The van der Waals surface area contributed by atoms with Gasteiger partial charge in [-0.25, -0.2) is 18.7 Å². The number of carbonyl (C=O) groups excluding carboxylic acids is 1. The highest BCUT2D eigenvalue weighted by atomic mass is 19.1. The lowest BCUT2D eigenvalue weighted by Gasteiger charge is -2.13. The molecule has 0 unspecified atom stereocenters. The van der Waals surface area contributed by atoms with Crippen molar-refractivity contribution in [1.82, 2.24) is 14.9 Å². The summed E-state index contributed by atoms with van der Waals surface area (Å²) in [5.74, 6) is -1.36. The number of halogens is 2. The average Bonchev–Trinajstić information content (AvgIpc) is 2.70. The molecule has 0 radical (unpaired) electrons. The van der Waals surface area contributed by atoms with Crippen molar-refractivity contribution in [3.63, 3.8) is 0 Å². The Morgan fingerprint density at radius 1 is 1.03 bits per heavy atom. The average molecular weight is 397 g/mol. The molecule has 0 atom stereocenters. The first kappa shape index (κ1) is 20.3. The van der Waals surface area contributed by atoms with E-state index in [-0.39, 0.29) is 11.4 Å². The van der Waals surface area contributed by atoms with Crippen molar-refractivity contribution in [1.29, 1.82) is 0 Å². The predicted molar refractivity (Wildman–Crippen MR) is 109 cm³/mol. The number of rotatable bonds is 7. The first-order valence-electron chi connectivity index (χ1n) is 9.02. The van der Waals surface area contributed by atoms with Gasteiger partial charge in [0.15, 0.2) is 5.82 Å². The van der Waals surface area contributed by atoms with Crippen LogP contribution in [-0.2, 0) is 0 Å². The summed E-state index contributed by atoms with van der Waals surface area (Å²) in [6.07, 6.45) is 0. The van der Waals surface area contributed by atoms with Gasteiger partial charge < -0.3 is 15.5 Å². The van der Waals surface area contributed by atoms with Crippen LogP contribution in [0.4, 0.5) is 20.3 Å². The fraction of sp³-hybridized carbons (Fsp3) is 0.190. The van der Waals surface area contributed by atoms with Crippen molar-refractivity contribution in [2.45, 2.75) is 0 Å². The van der Waals surface area contributed by atoms with Gasteiger partial charge in [0.05, 0.1) is 5.69 Å². The van der Waals surface area contributed by atoms with Crippen molar-refractivity contribution in [3.8, 4) is 11.4 Å². The van der Waals surface area contributed by atoms with E-state index in [1.54, 1.807) is 0 Å². The highest BCUT2D eigenvalue weighted by Gasteiger charge is 2.15. The Morgan fingerprint density at radius 2 is 1.79 bits per heavy atom. The van der Waals surface area contributed by atoms with Crippen LogP contribution in [0.3, 0.4) is 0 Å². The maximum absolute atomic E-state index is 13.9. The van der Waals surface area contributed by atoms with Crippen molar-refractivity contribution >= 4 is 17.4 Å². The minimum Gasteiger partial charge on any atom is -0.369 e. The van der Waals surface area contributed by atoms with E-state index < -0.39 is 17.5 Å². The van der Waals surface area contributed by atoms with Crippen LogP contribution in [-0.4, -0.2) is 48.0 Å². The molecule has 0 fully saturated rings. The molecule has 3 aromatic rings. The number of amides is 1. The van der Waals surface area contributed by atoms with Crippen LogP contribution < -0.4 is 10.6 Å². The van der Waals surface area contributed by atoms with Crippen molar-refractivity contribution in [3.05, 3.63) is 71.9 Å². The molecule has 3 rings (SSSR count). The summed E-state index contributed by atoms with van der Waals surface area (Å²) in [5.41, 5.74) is 0.680. The topological polar surface area (TPSA) is 70.2 Å². The molecule has 0 saturated carbocycles. The number of likely N-dealkylation sites (N-methyl/N-ethyl adjacent to an activating group) is 1. The maximum atomic E-state index is 13.9. The smallest absolute Gasteiger partial charge is 0.274 e. The summed E-state index contributed by atoms with van der Waals surface area (Å²) in [5, 5.41) is 5.59. The quantitative estimate of drug-likeness (QED) is 0.637. The minimum atomic E-state index is -0.861. The second-order valence-electron chi connectivity index (χ2n) is 6.64. The van der Waals surface area contributed by atoms with E-state index in [0.29, 0.717) is 24.3 Å². The summed E-state index contributed by atoms with van der Waals surface area (Å²) < 4.78 is 27.0. The summed E-state index contributed by atoms with van der Waals surface area (Å²) in [6.45, 7) is 1.39. The summed E-state index contributed by atoms with van der Waals surface area (Å²) in [4.78, 5) is 23.5. The molecule has 0 aliphatic carbocycles. The monoisotopic (exact) mass is 397 g/mol. The van der Waals surface area contributed by atoms with Gasteiger partial charge in [0.2, 0.25) is 0 Å².